The second-order valence-corrected chi connectivity index (χ2v) is 7.24. The highest BCUT2D eigenvalue weighted by molar-refractivity contribution is 4.88. The molecule has 93 valence electrons. The topological polar surface area (TPSA) is 17.3 Å². The summed E-state index contributed by atoms with van der Waals surface area (Å²) in [7, 11) is 0. The zero-order valence-corrected chi connectivity index (χ0v) is 11.4. The molecule has 0 aromatic rings. The molecule has 0 saturated carbocycles. The Balaban J connectivity index is 1.96. The molecule has 1 atom stereocenters. The zero-order chi connectivity index (χ0) is 11.8. The predicted molar refractivity (Wildman–Crippen MR) is 68.4 cm³/mol. The van der Waals surface area contributed by atoms with E-state index in [-0.39, 0.29) is 0 Å². The van der Waals surface area contributed by atoms with Crippen molar-refractivity contribution in [2.75, 3.05) is 19.6 Å². The molecule has 1 unspecified atom stereocenters. The summed E-state index contributed by atoms with van der Waals surface area (Å²) in [5, 5.41) is 4.84. The Labute approximate surface area is 101 Å². The van der Waals surface area contributed by atoms with E-state index in [4.69, 9.17) is 5.32 Å². The standard InChI is InChI=1S/C14H27N2/c1-13(2)7-8-15-12(10-13)16-9-5-6-14(3,4)11-16/h12H,5-11H2,1-4H3. The molecule has 0 amide bonds. The Morgan fingerprint density at radius 2 is 1.81 bits per heavy atom. The summed E-state index contributed by atoms with van der Waals surface area (Å²) < 4.78 is 0. The maximum absolute atomic E-state index is 4.84. The van der Waals surface area contributed by atoms with Gasteiger partial charge in [-0.15, -0.1) is 0 Å². The molecular weight excluding hydrogens is 196 g/mol. The number of rotatable bonds is 1. The lowest BCUT2D eigenvalue weighted by molar-refractivity contribution is 0.0209. The van der Waals surface area contributed by atoms with Crippen molar-refractivity contribution in [3.05, 3.63) is 0 Å². The van der Waals surface area contributed by atoms with Gasteiger partial charge in [-0.05, 0) is 43.1 Å². The van der Waals surface area contributed by atoms with Crippen molar-refractivity contribution in [3.8, 4) is 0 Å². The van der Waals surface area contributed by atoms with Crippen LogP contribution in [-0.4, -0.2) is 30.7 Å². The van der Waals surface area contributed by atoms with Gasteiger partial charge in [-0.2, -0.15) is 0 Å². The zero-order valence-electron chi connectivity index (χ0n) is 11.4. The van der Waals surface area contributed by atoms with Gasteiger partial charge in [-0.1, -0.05) is 27.7 Å². The lowest BCUT2D eigenvalue weighted by Gasteiger charge is -2.46. The van der Waals surface area contributed by atoms with Gasteiger partial charge in [-0.3, -0.25) is 4.90 Å². The quantitative estimate of drug-likeness (QED) is 0.668. The van der Waals surface area contributed by atoms with E-state index in [1.807, 2.05) is 0 Å². The fourth-order valence-corrected chi connectivity index (χ4v) is 3.14. The third kappa shape index (κ3) is 2.98. The monoisotopic (exact) mass is 223 g/mol. The van der Waals surface area contributed by atoms with Crippen LogP contribution in [0.3, 0.4) is 0 Å². The molecule has 0 aromatic heterocycles. The van der Waals surface area contributed by atoms with E-state index in [0.717, 1.165) is 6.54 Å². The average molecular weight is 223 g/mol. The van der Waals surface area contributed by atoms with E-state index in [1.54, 1.807) is 0 Å². The van der Waals surface area contributed by atoms with Crippen molar-refractivity contribution in [3.63, 3.8) is 0 Å². The minimum absolute atomic E-state index is 0.494. The van der Waals surface area contributed by atoms with Gasteiger partial charge in [0.2, 0.25) is 0 Å². The third-order valence-electron chi connectivity index (χ3n) is 4.22. The molecule has 16 heavy (non-hydrogen) atoms. The predicted octanol–water partition coefficient (Wildman–Crippen LogP) is 2.86. The van der Waals surface area contributed by atoms with Crippen LogP contribution in [0.2, 0.25) is 0 Å². The molecule has 2 aliphatic heterocycles. The molecule has 0 bridgehead atoms. The first-order chi connectivity index (χ1) is 7.38. The van der Waals surface area contributed by atoms with Crippen molar-refractivity contribution in [1.29, 1.82) is 0 Å². The van der Waals surface area contributed by atoms with Crippen LogP contribution in [0.1, 0.15) is 53.4 Å². The van der Waals surface area contributed by atoms with Crippen LogP contribution in [0.15, 0.2) is 0 Å². The van der Waals surface area contributed by atoms with E-state index >= 15 is 0 Å². The number of piperidine rings is 2. The molecule has 2 saturated heterocycles. The van der Waals surface area contributed by atoms with Gasteiger partial charge in [0.1, 0.15) is 0 Å². The molecule has 2 fully saturated rings. The summed E-state index contributed by atoms with van der Waals surface area (Å²) in [6.45, 7) is 13.1. The summed E-state index contributed by atoms with van der Waals surface area (Å²) in [4.78, 5) is 2.63. The molecule has 2 nitrogen and oxygen atoms in total. The van der Waals surface area contributed by atoms with Crippen molar-refractivity contribution >= 4 is 0 Å². The summed E-state index contributed by atoms with van der Waals surface area (Å²) in [6.07, 6.45) is 5.74. The molecule has 2 aliphatic rings. The van der Waals surface area contributed by atoms with E-state index in [0.29, 0.717) is 17.0 Å². The summed E-state index contributed by atoms with van der Waals surface area (Å²) in [5.41, 5.74) is 0.989. The number of hydrogen-bond acceptors (Lipinski definition) is 1. The fourth-order valence-electron chi connectivity index (χ4n) is 3.14. The summed E-state index contributed by atoms with van der Waals surface area (Å²) in [6, 6.07) is 0. The lowest BCUT2D eigenvalue weighted by atomic mass is 9.79. The van der Waals surface area contributed by atoms with Crippen LogP contribution in [0.25, 0.3) is 0 Å². The smallest absolute Gasteiger partial charge is 0.0766 e. The first-order valence-corrected chi connectivity index (χ1v) is 6.79. The minimum atomic E-state index is 0.494. The Morgan fingerprint density at radius 3 is 2.44 bits per heavy atom. The normalized spacial score (nSPS) is 34.9. The van der Waals surface area contributed by atoms with Gasteiger partial charge in [0.05, 0.1) is 6.17 Å². The SMILES string of the molecule is CC1(C)CC[N]C(N2CCCC(C)(C)C2)C1. The van der Waals surface area contributed by atoms with Gasteiger partial charge in [0.15, 0.2) is 0 Å². The number of hydrogen-bond donors (Lipinski definition) is 0. The largest absolute Gasteiger partial charge is 0.286 e. The molecular formula is C14H27N2. The molecule has 0 N–H and O–H groups in total. The van der Waals surface area contributed by atoms with Crippen molar-refractivity contribution in [1.82, 2.24) is 10.2 Å². The van der Waals surface area contributed by atoms with Gasteiger partial charge in [0.25, 0.3) is 0 Å². The van der Waals surface area contributed by atoms with Crippen LogP contribution in [0.5, 0.6) is 0 Å². The van der Waals surface area contributed by atoms with Crippen LogP contribution in [0.4, 0.5) is 0 Å². The number of likely N-dealkylation sites (tertiary alicyclic amines) is 1. The van der Waals surface area contributed by atoms with Crippen molar-refractivity contribution < 1.29 is 0 Å². The van der Waals surface area contributed by atoms with Crippen LogP contribution >= 0.6 is 0 Å². The Hall–Kier alpha value is -0.0800. The lowest BCUT2D eigenvalue weighted by Crippen LogP contribution is -2.53. The fraction of sp³-hybridized carbons (Fsp3) is 1.00. The molecule has 0 aromatic carbocycles. The Morgan fingerprint density at radius 1 is 1.06 bits per heavy atom. The molecule has 2 rings (SSSR count). The third-order valence-corrected chi connectivity index (χ3v) is 4.22. The maximum atomic E-state index is 4.84. The van der Waals surface area contributed by atoms with E-state index in [1.165, 1.54) is 38.8 Å². The maximum Gasteiger partial charge on any atom is 0.0766 e. The van der Waals surface area contributed by atoms with Gasteiger partial charge in [-0.25, -0.2) is 5.32 Å². The minimum Gasteiger partial charge on any atom is -0.286 e. The van der Waals surface area contributed by atoms with E-state index in [9.17, 15) is 0 Å². The first-order valence-electron chi connectivity index (χ1n) is 6.79. The second-order valence-electron chi connectivity index (χ2n) is 7.24. The van der Waals surface area contributed by atoms with Crippen molar-refractivity contribution in [2.24, 2.45) is 10.8 Å². The van der Waals surface area contributed by atoms with Crippen molar-refractivity contribution in [2.45, 2.75) is 59.5 Å². The van der Waals surface area contributed by atoms with Gasteiger partial charge >= 0.3 is 0 Å². The highest BCUT2D eigenvalue weighted by Crippen LogP contribution is 2.35. The van der Waals surface area contributed by atoms with Crippen LogP contribution in [-0.2, 0) is 0 Å². The number of nitrogens with zero attached hydrogens (tertiary/aromatic N) is 2. The van der Waals surface area contributed by atoms with E-state index < -0.39 is 0 Å². The average Bonchev–Trinajstić information content (AvgIpc) is 2.14. The highest BCUT2D eigenvalue weighted by Gasteiger charge is 2.36. The summed E-state index contributed by atoms with van der Waals surface area (Å²) >= 11 is 0. The van der Waals surface area contributed by atoms with Crippen LogP contribution < -0.4 is 5.32 Å². The van der Waals surface area contributed by atoms with Crippen LogP contribution in [0, 0.1) is 10.8 Å². The van der Waals surface area contributed by atoms with Gasteiger partial charge < -0.3 is 0 Å². The Bertz CT molecular complexity index is 219. The summed E-state index contributed by atoms with van der Waals surface area (Å²) in [5.74, 6) is 0. The van der Waals surface area contributed by atoms with E-state index in [2.05, 4.69) is 32.6 Å². The highest BCUT2D eigenvalue weighted by atomic mass is 15.3. The van der Waals surface area contributed by atoms with Gasteiger partial charge in [0, 0.05) is 13.1 Å². The Kier molecular flexibility index (Phi) is 3.33. The molecule has 2 heteroatoms. The second kappa shape index (κ2) is 4.30. The molecule has 1 radical (unpaired) electrons. The molecule has 2 heterocycles. The first kappa shape index (κ1) is 12.4. The molecule has 0 spiro atoms. The molecule has 0 aliphatic carbocycles.